The van der Waals surface area contributed by atoms with Crippen molar-refractivity contribution in [3.05, 3.63) is 75.3 Å². The van der Waals surface area contributed by atoms with Crippen molar-refractivity contribution in [1.29, 1.82) is 0 Å². The maximum absolute atomic E-state index is 12.6. The first-order valence-corrected chi connectivity index (χ1v) is 14.2. The fraction of sp³-hybridized carbons (Fsp3) is 0.360. The van der Waals surface area contributed by atoms with E-state index in [1.807, 2.05) is 24.3 Å². The fourth-order valence-electron chi connectivity index (χ4n) is 3.33. The molecule has 0 aliphatic rings. The average molecular weight is 520 g/mol. The Balaban J connectivity index is 1.64. The summed E-state index contributed by atoms with van der Waals surface area (Å²) in [6.07, 6.45) is 3.22. The molecule has 0 bridgehead atoms. The molecule has 0 aliphatic carbocycles. The zero-order chi connectivity index (χ0) is 24.7. The summed E-state index contributed by atoms with van der Waals surface area (Å²) < 4.78 is 23.2. The molecule has 0 saturated carbocycles. The van der Waals surface area contributed by atoms with E-state index in [-0.39, 0.29) is 17.2 Å². The first-order chi connectivity index (χ1) is 16.1. The van der Waals surface area contributed by atoms with Crippen molar-refractivity contribution in [2.45, 2.75) is 51.1 Å². The summed E-state index contributed by atoms with van der Waals surface area (Å²) in [5.74, 6) is 0.311. The van der Waals surface area contributed by atoms with Crippen LogP contribution in [0, 0.1) is 5.92 Å². The van der Waals surface area contributed by atoms with E-state index in [1.54, 1.807) is 12.1 Å². The van der Waals surface area contributed by atoms with Gasteiger partial charge in [-0.2, -0.15) is 0 Å². The van der Waals surface area contributed by atoms with Gasteiger partial charge in [-0.1, -0.05) is 56.1 Å². The van der Waals surface area contributed by atoms with E-state index in [9.17, 15) is 13.2 Å². The standard InChI is InChI=1S/C25H30ClN3O3S2/c1-4-17(2)13-22-23(16-27-15-19-5-9-20(26)10-6-19)33-25(28-22)29-24(30)14-18-7-11-21(12-8-18)34(3,31)32/h5-12,17,27H,4,13-16H2,1-3H3,(H,28,29,30)/t17-/m0/s1. The highest BCUT2D eigenvalue weighted by molar-refractivity contribution is 7.90. The van der Waals surface area contributed by atoms with Crippen LogP contribution in [0.25, 0.3) is 0 Å². The van der Waals surface area contributed by atoms with Crippen molar-refractivity contribution < 1.29 is 13.2 Å². The number of halogens is 1. The monoisotopic (exact) mass is 519 g/mol. The summed E-state index contributed by atoms with van der Waals surface area (Å²) >= 11 is 7.45. The molecule has 0 saturated heterocycles. The van der Waals surface area contributed by atoms with Crippen molar-refractivity contribution in [3.8, 4) is 0 Å². The number of amides is 1. The summed E-state index contributed by atoms with van der Waals surface area (Å²) in [7, 11) is -3.26. The van der Waals surface area contributed by atoms with Gasteiger partial charge in [0, 0.05) is 29.2 Å². The van der Waals surface area contributed by atoms with Crippen LogP contribution in [0.1, 0.15) is 42.0 Å². The second kappa shape index (κ2) is 11.9. The van der Waals surface area contributed by atoms with Gasteiger partial charge in [-0.25, -0.2) is 13.4 Å². The number of thiazole rings is 1. The smallest absolute Gasteiger partial charge is 0.230 e. The highest BCUT2D eigenvalue weighted by Gasteiger charge is 2.16. The van der Waals surface area contributed by atoms with E-state index in [4.69, 9.17) is 16.6 Å². The van der Waals surface area contributed by atoms with E-state index in [0.717, 1.165) is 40.8 Å². The Labute approximate surface area is 210 Å². The molecule has 0 unspecified atom stereocenters. The predicted molar refractivity (Wildman–Crippen MR) is 139 cm³/mol. The number of anilines is 1. The van der Waals surface area contributed by atoms with E-state index >= 15 is 0 Å². The van der Waals surface area contributed by atoms with E-state index < -0.39 is 9.84 Å². The first-order valence-electron chi connectivity index (χ1n) is 11.2. The van der Waals surface area contributed by atoms with Gasteiger partial charge in [-0.3, -0.25) is 4.79 Å². The van der Waals surface area contributed by atoms with Crippen LogP contribution in [0.4, 0.5) is 5.13 Å². The second-order valence-electron chi connectivity index (χ2n) is 8.48. The molecule has 182 valence electrons. The third kappa shape index (κ3) is 7.91. The van der Waals surface area contributed by atoms with E-state index in [1.165, 1.54) is 23.5 Å². The molecule has 1 atom stereocenters. The van der Waals surface area contributed by atoms with Crippen LogP contribution in [0.3, 0.4) is 0 Å². The third-order valence-corrected chi connectivity index (χ3v) is 7.90. The topological polar surface area (TPSA) is 88.2 Å². The van der Waals surface area contributed by atoms with Gasteiger partial charge >= 0.3 is 0 Å². The van der Waals surface area contributed by atoms with Crippen LogP contribution < -0.4 is 10.6 Å². The van der Waals surface area contributed by atoms with Crippen LogP contribution in [-0.2, 0) is 40.6 Å². The maximum atomic E-state index is 12.6. The number of hydrogen-bond acceptors (Lipinski definition) is 6. The number of aromatic nitrogens is 1. The molecule has 0 radical (unpaired) electrons. The van der Waals surface area contributed by atoms with Crippen LogP contribution in [0.2, 0.25) is 5.02 Å². The molecule has 0 aliphatic heterocycles. The molecule has 2 aromatic carbocycles. The number of benzene rings is 2. The lowest BCUT2D eigenvalue weighted by Crippen LogP contribution is -2.14. The highest BCUT2D eigenvalue weighted by atomic mass is 35.5. The largest absolute Gasteiger partial charge is 0.308 e. The molecule has 9 heteroatoms. The van der Waals surface area contributed by atoms with Gasteiger partial charge in [0.05, 0.1) is 17.0 Å². The van der Waals surface area contributed by atoms with Gasteiger partial charge < -0.3 is 10.6 Å². The fourth-order valence-corrected chi connectivity index (χ4v) is 5.07. The molecule has 2 N–H and O–H groups in total. The van der Waals surface area contributed by atoms with Crippen molar-refractivity contribution in [2.24, 2.45) is 5.92 Å². The summed E-state index contributed by atoms with van der Waals surface area (Å²) in [5, 5.41) is 7.67. The third-order valence-electron chi connectivity index (χ3n) is 5.51. The molecule has 3 rings (SSSR count). The van der Waals surface area contributed by atoms with Crippen molar-refractivity contribution >= 4 is 43.8 Å². The molecule has 3 aromatic rings. The Bertz CT molecular complexity index is 1210. The van der Waals surface area contributed by atoms with Crippen molar-refractivity contribution in [3.63, 3.8) is 0 Å². The summed E-state index contributed by atoms with van der Waals surface area (Å²) in [6, 6.07) is 14.1. The van der Waals surface area contributed by atoms with Crippen molar-refractivity contribution in [2.75, 3.05) is 11.6 Å². The van der Waals surface area contributed by atoms with Crippen LogP contribution in [0.5, 0.6) is 0 Å². The van der Waals surface area contributed by atoms with Crippen molar-refractivity contribution in [1.82, 2.24) is 10.3 Å². The Kier molecular flexibility index (Phi) is 9.24. The molecule has 34 heavy (non-hydrogen) atoms. The van der Waals surface area contributed by atoms with E-state index in [2.05, 4.69) is 24.5 Å². The summed E-state index contributed by atoms with van der Waals surface area (Å²) in [4.78, 5) is 18.7. The number of sulfone groups is 1. The highest BCUT2D eigenvalue weighted by Crippen LogP contribution is 2.26. The van der Waals surface area contributed by atoms with Gasteiger partial charge in [-0.05, 0) is 47.7 Å². The van der Waals surface area contributed by atoms with Gasteiger partial charge in [0.25, 0.3) is 0 Å². The van der Waals surface area contributed by atoms with Crippen LogP contribution in [0.15, 0.2) is 53.4 Å². The van der Waals surface area contributed by atoms with Gasteiger partial charge in [-0.15, -0.1) is 11.3 Å². The Hall–Kier alpha value is -2.26. The molecular formula is C25H30ClN3O3S2. The minimum absolute atomic E-state index is 0.147. The zero-order valence-electron chi connectivity index (χ0n) is 19.6. The number of nitrogens with zero attached hydrogens (tertiary/aromatic N) is 1. The number of hydrogen-bond donors (Lipinski definition) is 2. The maximum Gasteiger partial charge on any atom is 0.230 e. The SMILES string of the molecule is CC[C@H](C)Cc1nc(NC(=O)Cc2ccc(S(C)(=O)=O)cc2)sc1CNCc1ccc(Cl)cc1. The lowest BCUT2D eigenvalue weighted by molar-refractivity contribution is -0.115. The van der Waals surface area contributed by atoms with Crippen LogP contribution in [-0.4, -0.2) is 25.6 Å². The lowest BCUT2D eigenvalue weighted by atomic mass is 10.0. The van der Waals surface area contributed by atoms with E-state index in [0.29, 0.717) is 29.2 Å². The molecule has 6 nitrogen and oxygen atoms in total. The zero-order valence-corrected chi connectivity index (χ0v) is 22.0. The number of carbonyl (C=O) groups excluding carboxylic acids is 1. The molecule has 0 spiro atoms. The molecule has 1 aromatic heterocycles. The molecule has 1 heterocycles. The Morgan fingerprint density at radius 3 is 2.32 bits per heavy atom. The second-order valence-corrected chi connectivity index (χ2v) is 12.0. The van der Waals surface area contributed by atoms with Gasteiger partial charge in [0.15, 0.2) is 15.0 Å². The normalized spacial score (nSPS) is 12.5. The first kappa shape index (κ1) is 26.3. The minimum atomic E-state index is -3.26. The summed E-state index contributed by atoms with van der Waals surface area (Å²) in [6.45, 7) is 5.73. The predicted octanol–water partition coefficient (Wildman–Crippen LogP) is 5.26. The Morgan fingerprint density at radius 1 is 1.06 bits per heavy atom. The average Bonchev–Trinajstić information content (AvgIpc) is 3.15. The molecular weight excluding hydrogens is 490 g/mol. The van der Waals surface area contributed by atoms with Crippen LogP contribution >= 0.6 is 22.9 Å². The van der Waals surface area contributed by atoms with Gasteiger partial charge in [0.1, 0.15) is 0 Å². The Morgan fingerprint density at radius 2 is 1.71 bits per heavy atom. The molecule has 0 fully saturated rings. The quantitative estimate of drug-likeness (QED) is 0.361. The number of rotatable bonds is 11. The lowest BCUT2D eigenvalue weighted by Gasteiger charge is -2.09. The minimum Gasteiger partial charge on any atom is -0.308 e. The van der Waals surface area contributed by atoms with Gasteiger partial charge in [0.2, 0.25) is 5.91 Å². The number of nitrogens with one attached hydrogen (secondary N) is 2. The summed E-state index contributed by atoms with van der Waals surface area (Å²) in [5.41, 5.74) is 2.90. The molecule has 1 amide bonds. The number of carbonyl (C=O) groups is 1.